The highest BCUT2D eigenvalue weighted by molar-refractivity contribution is 6.25. The summed E-state index contributed by atoms with van der Waals surface area (Å²) in [5, 5.41) is 3.24. The zero-order valence-electron chi connectivity index (χ0n) is 6.24. The second kappa shape index (κ2) is 4.83. The van der Waals surface area contributed by atoms with Gasteiger partial charge in [0.05, 0.1) is 0 Å². The Morgan fingerprint density at radius 1 is 1.67 bits per heavy atom. The Morgan fingerprint density at radius 3 is 2.56 bits per heavy atom. The van der Waals surface area contributed by atoms with Gasteiger partial charge in [-0.3, -0.25) is 0 Å². The SMILES string of the molecule is C/C(=C\Cl)CNC(C)C. The Bertz CT molecular complexity index is 97.1. The third-order valence-electron chi connectivity index (χ3n) is 0.975. The lowest BCUT2D eigenvalue weighted by atomic mass is 10.3. The van der Waals surface area contributed by atoms with Crippen LogP contribution in [0.1, 0.15) is 20.8 Å². The highest BCUT2D eigenvalue weighted by Crippen LogP contribution is 1.92. The van der Waals surface area contributed by atoms with Gasteiger partial charge in [-0.1, -0.05) is 25.4 Å². The number of hydrogen-bond acceptors (Lipinski definition) is 1. The van der Waals surface area contributed by atoms with Crippen molar-refractivity contribution < 1.29 is 0 Å². The van der Waals surface area contributed by atoms with Crippen molar-refractivity contribution in [1.29, 1.82) is 0 Å². The van der Waals surface area contributed by atoms with E-state index in [9.17, 15) is 0 Å². The average Bonchev–Trinajstić information content (AvgIpc) is 1.83. The van der Waals surface area contributed by atoms with Crippen molar-refractivity contribution in [2.75, 3.05) is 6.54 Å². The molecule has 0 bridgehead atoms. The summed E-state index contributed by atoms with van der Waals surface area (Å²) in [7, 11) is 0. The molecule has 2 heteroatoms. The Kier molecular flexibility index (Phi) is 4.83. The Balaban J connectivity index is 3.28. The second-order valence-corrected chi connectivity index (χ2v) is 2.71. The molecule has 0 aromatic heterocycles. The van der Waals surface area contributed by atoms with Crippen LogP contribution in [0.5, 0.6) is 0 Å². The first-order valence-electron chi connectivity index (χ1n) is 3.16. The Labute approximate surface area is 62.1 Å². The van der Waals surface area contributed by atoms with Crippen LogP contribution in [0.3, 0.4) is 0 Å². The molecule has 0 heterocycles. The van der Waals surface area contributed by atoms with E-state index in [1.807, 2.05) is 6.92 Å². The third kappa shape index (κ3) is 5.87. The van der Waals surface area contributed by atoms with Crippen LogP contribution in [0.4, 0.5) is 0 Å². The molecule has 0 aromatic rings. The molecule has 1 nitrogen and oxygen atoms in total. The van der Waals surface area contributed by atoms with Gasteiger partial charge >= 0.3 is 0 Å². The zero-order chi connectivity index (χ0) is 7.28. The van der Waals surface area contributed by atoms with E-state index in [-0.39, 0.29) is 0 Å². The van der Waals surface area contributed by atoms with Gasteiger partial charge in [0.2, 0.25) is 0 Å². The molecule has 0 aliphatic carbocycles. The second-order valence-electron chi connectivity index (χ2n) is 2.49. The number of rotatable bonds is 3. The van der Waals surface area contributed by atoms with Gasteiger partial charge in [0.15, 0.2) is 0 Å². The van der Waals surface area contributed by atoms with Crippen molar-refractivity contribution in [3.8, 4) is 0 Å². The molecule has 0 aliphatic heterocycles. The van der Waals surface area contributed by atoms with Crippen LogP contribution in [0, 0.1) is 0 Å². The van der Waals surface area contributed by atoms with Crippen molar-refractivity contribution >= 4 is 11.6 Å². The molecule has 0 amide bonds. The number of nitrogens with one attached hydrogen (secondary N) is 1. The standard InChI is InChI=1S/C7H14ClN/c1-6(2)9-5-7(3)4-8/h4,6,9H,5H2,1-3H3/b7-4+. The molecule has 0 rings (SSSR count). The van der Waals surface area contributed by atoms with Crippen LogP contribution in [0.2, 0.25) is 0 Å². The van der Waals surface area contributed by atoms with Crippen molar-refractivity contribution in [3.63, 3.8) is 0 Å². The van der Waals surface area contributed by atoms with Crippen molar-refractivity contribution in [3.05, 3.63) is 11.1 Å². The van der Waals surface area contributed by atoms with Crippen LogP contribution in [-0.4, -0.2) is 12.6 Å². The molecule has 0 aliphatic rings. The fourth-order valence-electron chi connectivity index (χ4n) is 0.404. The van der Waals surface area contributed by atoms with E-state index in [0.29, 0.717) is 6.04 Å². The normalized spacial score (nSPS) is 12.8. The van der Waals surface area contributed by atoms with Crippen LogP contribution < -0.4 is 5.32 Å². The van der Waals surface area contributed by atoms with E-state index >= 15 is 0 Å². The monoisotopic (exact) mass is 147 g/mol. The summed E-state index contributed by atoms with van der Waals surface area (Å²) in [6.45, 7) is 7.12. The van der Waals surface area contributed by atoms with E-state index in [2.05, 4.69) is 19.2 Å². The van der Waals surface area contributed by atoms with Crippen molar-refractivity contribution in [1.82, 2.24) is 5.32 Å². The summed E-state index contributed by atoms with van der Waals surface area (Å²) >= 11 is 5.43. The molecule has 0 spiro atoms. The molecule has 54 valence electrons. The minimum atomic E-state index is 0.538. The topological polar surface area (TPSA) is 12.0 Å². The van der Waals surface area contributed by atoms with Crippen LogP contribution in [0.15, 0.2) is 11.1 Å². The summed E-state index contributed by atoms with van der Waals surface area (Å²) in [4.78, 5) is 0. The summed E-state index contributed by atoms with van der Waals surface area (Å²) in [6, 6.07) is 0.538. The average molecular weight is 148 g/mol. The molecule has 1 N–H and O–H groups in total. The molecule has 0 atom stereocenters. The summed E-state index contributed by atoms with van der Waals surface area (Å²) in [5.41, 5.74) is 2.78. The minimum absolute atomic E-state index is 0.538. The lowest BCUT2D eigenvalue weighted by Crippen LogP contribution is -2.24. The van der Waals surface area contributed by atoms with Gasteiger partial charge in [0.1, 0.15) is 0 Å². The molecule has 0 radical (unpaired) electrons. The van der Waals surface area contributed by atoms with Gasteiger partial charge in [0, 0.05) is 18.1 Å². The molecule has 0 aromatic carbocycles. The molecule has 0 saturated carbocycles. The fraction of sp³-hybridized carbons (Fsp3) is 0.714. The lowest BCUT2D eigenvalue weighted by Gasteiger charge is -2.06. The molecule has 0 unspecified atom stereocenters. The summed E-state index contributed by atoms with van der Waals surface area (Å²) in [5.74, 6) is 0. The molecule has 9 heavy (non-hydrogen) atoms. The maximum absolute atomic E-state index is 5.43. The third-order valence-corrected chi connectivity index (χ3v) is 1.35. The zero-order valence-corrected chi connectivity index (χ0v) is 7.00. The highest BCUT2D eigenvalue weighted by Gasteiger charge is 1.90. The largest absolute Gasteiger partial charge is 0.311 e. The highest BCUT2D eigenvalue weighted by atomic mass is 35.5. The van der Waals surface area contributed by atoms with Gasteiger partial charge in [0.25, 0.3) is 0 Å². The maximum Gasteiger partial charge on any atom is 0.0175 e. The predicted molar refractivity (Wildman–Crippen MR) is 42.7 cm³/mol. The summed E-state index contributed by atoms with van der Waals surface area (Å²) < 4.78 is 0. The van der Waals surface area contributed by atoms with Crippen LogP contribution in [0.25, 0.3) is 0 Å². The van der Waals surface area contributed by atoms with Gasteiger partial charge in [-0.2, -0.15) is 0 Å². The summed E-state index contributed by atoms with van der Waals surface area (Å²) in [6.07, 6.45) is 0. The van der Waals surface area contributed by atoms with Crippen molar-refractivity contribution in [2.24, 2.45) is 0 Å². The quantitative estimate of drug-likeness (QED) is 0.645. The predicted octanol–water partition coefficient (Wildman–Crippen LogP) is 2.13. The number of halogens is 1. The molecular formula is C7H14ClN. The lowest BCUT2D eigenvalue weighted by molar-refractivity contribution is 0.622. The molecular weight excluding hydrogens is 134 g/mol. The van der Waals surface area contributed by atoms with Gasteiger partial charge < -0.3 is 5.32 Å². The van der Waals surface area contributed by atoms with Gasteiger partial charge in [-0.25, -0.2) is 0 Å². The van der Waals surface area contributed by atoms with Crippen LogP contribution >= 0.6 is 11.6 Å². The van der Waals surface area contributed by atoms with E-state index in [1.54, 1.807) is 5.54 Å². The molecule has 0 fully saturated rings. The van der Waals surface area contributed by atoms with Crippen LogP contribution in [-0.2, 0) is 0 Å². The van der Waals surface area contributed by atoms with Crippen molar-refractivity contribution in [2.45, 2.75) is 26.8 Å². The first-order valence-corrected chi connectivity index (χ1v) is 3.59. The fourth-order valence-corrected chi connectivity index (χ4v) is 0.481. The van der Waals surface area contributed by atoms with E-state index in [0.717, 1.165) is 6.54 Å². The minimum Gasteiger partial charge on any atom is -0.311 e. The number of hydrogen-bond donors (Lipinski definition) is 1. The van der Waals surface area contributed by atoms with E-state index < -0.39 is 0 Å². The van der Waals surface area contributed by atoms with E-state index in [4.69, 9.17) is 11.6 Å². The van der Waals surface area contributed by atoms with Gasteiger partial charge in [-0.15, -0.1) is 0 Å². The maximum atomic E-state index is 5.43. The van der Waals surface area contributed by atoms with Gasteiger partial charge in [-0.05, 0) is 12.5 Å². The first-order chi connectivity index (χ1) is 4.16. The Hall–Kier alpha value is -0.0100. The van der Waals surface area contributed by atoms with E-state index in [1.165, 1.54) is 5.57 Å². The molecule has 0 saturated heterocycles. The Morgan fingerprint density at radius 2 is 2.22 bits per heavy atom. The first kappa shape index (κ1) is 8.99. The smallest absolute Gasteiger partial charge is 0.0175 e.